The van der Waals surface area contributed by atoms with Gasteiger partial charge in [-0.05, 0) is 30.2 Å². The molecule has 0 aliphatic rings. The van der Waals surface area contributed by atoms with Crippen LogP contribution in [0.3, 0.4) is 0 Å². The van der Waals surface area contributed by atoms with E-state index in [0.29, 0.717) is 6.04 Å². The summed E-state index contributed by atoms with van der Waals surface area (Å²) in [6.45, 7) is 2.22. The van der Waals surface area contributed by atoms with Crippen LogP contribution in [-0.2, 0) is 0 Å². The summed E-state index contributed by atoms with van der Waals surface area (Å²) in [5.41, 5.74) is 2.53. The van der Waals surface area contributed by atoms with Crippen LogP contribution in [-0.4, -0.2) is 4.57 Å². The predicted molar refractivity (Wildman–Crippen MR) is 81.8 cm³/mol. The minimum Gasteiger partial charge on any atom is -0.340 e. The molecule has 3 rings (SSSR count). The predicted octanol–water partition coefficient (Wildman–Crippen LogP) is 5.29. The number of nitrogens with zero attached hydrogens (tertiary/aromatic N) is 1. The van der Waals surface area contributed by atoms with Crippen molar-refractivity contribution in [2.24, 2.45) is 0 Å². The fourth-order valence-corrected chi connectivity index (χ4v) is 2.92. The van der Waals surface area contributed by atoms with Gasteiger partial charge in [-0.1, -0.05) is 54.9 Å². The number of halogens is 1. The normalized spacial score (nSPS) is 12.7. The molecule has 0 unspecified atom stereocenters. The quantitative estimate of drug-likeness (QED) is 0.608. The molecule has 0 radical (unpaired) electrons. The van der Waals surface area contributed by atoms with Crippen molar-refractivity contribution in [1.82, 2.24) is 4.57 Å². The van der Waals surface area contributed by atoms with E-state index in [4.69, 9.17) is 11.6 Å². The van der Waals surface area contributed by atoms with Crippen molar-refractivity contribution < 1.29 is 0 Å². The van der Waals surface area contributed by atoms with Gasteiger partial charge in [0.2, 0.25) is 0 Å². The third-order valence-electron chi connectivity index (χ3n) is 3.62. The Bertz CT molecular complexity index is 685. The fourth-order valence-electron chi connectivity index (χ4n) is 2.69. The first-order valence-corrected chi connectivity index (χ1v) is 6.99. The van der Waals surface area contributed by atoms with Gasteiger partial charge < -0.3 is 4.57 Å². The van der Waals surface area contributed by atoms with Crippen molar-refractivity contribution in [3.63, 3.8) is 0 Å². The maximum atomic E-state index is 6.25. The van der Waals surface area contributed by atoms with E-state index >= 15 is 0 Å². The minimum atomic E-state index is 0.358. The molecule has 19 heavy (non-hydrogen) atoms. The van der Waals surface area contributed by atoms with Gasteiger partial charge in [0, 0.05) is 16.6 Å². The van der Waals surface area contributed by atoms with E-state index in [0.717, 1.165) is 16.8 Å². The highest BCUT2D eigenvalue weighted by Gasteiger charge is 2.14. The summed E-state index contributed by atoms with van der Waals surface area (Å²) in [6, 6.07) is 19.2. The fraction of sp³-hybridized carbons (Fsp3) is 0.176. The van der Waals surface area contributed by atoms with Crippen LogP contribution in [0.25, 0.3) is 10.9 Å². The van der Waals surface area contributed by atoms with Crippen LogP contribution in [0.15, 0.2) is 60.8 Å². The van der Waals surface area contributed by atoms with E-state index < -0.39 is 0 Å². The zero-order valence-corrected chi connectivity index (χ0v) is 11.6. The van der Waals surface area contributed by atoms with Gasteiger partial charge in [0.1, 0.15) is 0 Å². The molecule has 1 heterocycles. The van der Waals surface area contributed by atoms with Crippen LogP contribution >= 0.6 is 11.6 Å². The molecule has 1 atom stereocenters. The van der Waals surface area contributed by atoms with Gasteiger partial charge in [-0.15, -0.1) is 0 Å². The first-order valence-electron chi connectivity index (χ1n) is 6.61. The van der Waals surface area contributed by atoms with Gasteiger partial charge in [0.25, 0.3) is 0 Å². The van der Waals surface area contributed by atoms with Crippen LogP contribution in [0, 0.1) is 0 Å². The monoisotopic (exact) mass is 269 g/mol. The van der Waals surface area contributed by atoms with E-state index in [1.807, 2.05) is 12.1 Å². The third-order valence-corrected chi connectivity index (χ3v) is 3.95. The number of hydrogen-bond donors (Lipinski definition) is 0. The van der Waals surface area contributed by atoms with Crippen molar-refractivity contribution in [3.05, 3.63) is 71.4 Å². The van der Waals surface area contributed by atoms with Crippen LogP contribution in [0.2, 0.25) is 5.02 Å². The number of hydrogen-bond acceptors (Lipinski definition) is 0. The molecule has 0 N–H and O–H groups in total. The standard InChI is InChI=1S/C17H16ClN/c1-2-16(13-7-4-3-5-8-13)19-12-11-14-15(18)9-6-10-17(14)19/h3-12,16H,2H2,1H3/t16-/m1/s1. The first-order chi connectivity index (χ1) is 9.31. The summed E-state index contributed by atoms with van der Waals surface area (Å²) < 4.78 is 2.32. The van der Waals surface area contributed by atoms with E-state index in [2.05, 4.69) is 60.2 Å². The lowest BCUT2D eigenvalue weighted by molar-refractivity contribution is 0.585. The highest BCUT2D eigenvalue weighted by Crippen LogP contribution is 2.30. The maximum absolute atomic E-state index is 6.25. The van der Waals surface area contributed by atoms with Gasteiger partial charge in [0.05, 0.1) is 11.6 Å². The first kappa shape index (κ1) is 12.3. The topological polar surface area (TPSA) is 4.93 Å². The number of fused-ring (bicyclic) bond motifs is 1. The molecule has 0 aliphatic heterocycles. The lowest BCUT2D eigenvalue weighted by atomic mass is 10.0. The lowest BCUT2D eigenvalue weighted by Crippen LogP contribution is -2.08. The average molecular weight is 270 g/mol. The van der Waals surface area contributed by atoms with Gasteiger partial charge in [-0.2, -0.15) is 0 Å². The van der Waals surface area contributed by atoms with Gasteiger partial charge in [-0.3, -0.25) is 0 Å². The second-order valence-corrected chi connectivity index (χ2v) is 5.14. The maximum Gasteiger partial charge on any atom is 0.0583 e. The average Bonchev–Trinajstić information content (AvgIpc) is 2.87. The second kappa shape index (κ2) is 5.10. The van der Waals surface area contributed by atoms with Crippen molar-refractivity contribution in [1.29, 1.82) is 0 Å². The highest BCUT2D eigenvalue weighted by atomic mass is 35.5. The molecule has 1 aromatic heterocycles. The SMILES string of the molecule is CC[C@H](c1ccccc1)n1ccc2c(Cl)cccc21. The van der Waals surface area contributed by atoms with Gasteiger partial charge in [0.15, 0.2) is 0 Å². The molecular weight excluding hydrogens is 254 g/mol. The van der Waals surface area contributed by atoms with Crippen molar-refractivity contribution in [3.8, 4) is 0 Å². The van der Waals surface area contributed by atoms with Crippen LogP contribution in [0.4, 0.5) is 0 Å². The summed E-state index contributed by atoms with van der Waals surface area (Å²) >= 11 is 6.25. The molecule has 0 amide bonds. The molecule has 0 aliphatic carbocycles. The summed E-state index contributed by atoms with van der Waals surface area (Å²) in [5, 5.41) is 1.94. The smallest absolute Gasteiger partial charge is 0.0583 e. The van der Waals surface area contributed by atoms with E-state index in [-0.39, 0.29) is 0 Å². The molecule has 2 heteroatoms. The molecular formula is C17H16ClN. The van der Waals surface area contributed by atoms with Gasteiger partial charge in [-0.25, -0.2) is 0 Å². The van der Waals surface area contributed by atoms with Crippen LogP contribution < -0.4 is 0 Å². The molecule has 2 aromatic carbocycles. The number of aromatic nitrogens is 1. The van der Waals surface area contributed by atoms with Gasteiger partial charge >= 0.3 is 0 Å². The Balaban J connectivity index is 2.15. The molecule has 96 valence electrons. The van der Waals surface area contributed by atoms with Crippen molar-refractivity contribution >= 4 is 22.5 Å². The Morgan fingerprint density at radius 3 is 2.53 bits per heavy atom. The summed E-state index contributed by atoms with van der Waals surface area (Å²) in [5.74, 6) is 0. The Morgan fingerprint density at radius 2 is 1.79 bits per heavy atom. The zero-order chi connectivity index (χ0) is 13.2. The summed E-state index contributed by atoms with van der Waals surface area (Å²) in [4.78, 5) is 0. The Kier molecular flexibility index (Phi) is 3.31. The largest absolute Gasteiger partial charge is 0.340 e. The molecule has 0 bridgehead atoms. The number of benzene rings is 2. The molecule has 3 aromatic rings. The molecule has 0 spiro atoms. The third kappa shape index (κ3) is 2.15. The lowest BCUT2D eigenvalue weighted by Gasteiger charge is -2.19. The van der Waals surface area contributed by atoms with E-state index in [9.17, 15) is 0 Å². The number of rotatable bonds is 3. The zero-order valence-electron chi connectivity index (χ0n) is 10.9. The Morgan fingerprint density at radius 1 is 1.00 bits per heavy atom. The Hall–Kier alpha value is -1.73. The molecule has 0 saturated carbocycles. The van der Waals surface area contributed by atoms with Crippen molar-refractivity contribution in [2.45, 2.75) is 19.4 Å². The van der Waals surface area contributed by atoms with E-state index in [1.165, 1.54) is 11.1 Å². The highest BCUT2D eigenvalue weighted by molar-refractivity contribution is 6.35. The van der Waals surface area contributed by atoms with E-state index in [1.54, 1.807) is 0 Å². The van der Waals surface area contributed by atoms with Crippen LogP contribution in [0.1, 0.15) is 24.9 Å². The minimum absolute atomic E-state index is 0.358. The Labute approximate surface area is 118 Å². The summed E-state index contributed by atoms with van der Waals surface area (Å²) in [7, 11) is 0. The molecule has 0 saturated heterocycles. The molecule has 1 nitrogen and oxygen atoms in total. The second-order valence-electron chi connectivity index (χ2n) is 4.73. The van der Waals surface area contributed by atoms with Crippen molar-refractivity contribution in [2.75, 3.05) is 0 Å². The molecule has 0 fully saturated rings. The van der Waals surface area contributed by atoms with Crippen LogP contribution in [0.5, 0.6) is 0 Å². The summed E-state index contributed by atoms with van der Waals surface area (Å²) in [6.07, 6.45) is 3.19.